The van der Waals surface area contributed by atoms with Gasteiger partial charge in [0.15, 0.2) is 10.8 Å². The molecule has 7 heteroatoms. The van der Waals surface area contributed by atoms with Crippen LogP contribution < -0.4 is 15.0 Å². The summed E-state index contributed by atoms with van der Waals surface area (Å²) in [6.07, 6.45) is 0. The molecular formula is C19H19N3O3S. The molecule has 134 valence electrons. The molecule has 1 saturated heterocycles. The van der Waals surface area contributed by atoms with E-state index in [1.165, 1.54) is 6.07 Å². The number of nitrogens with one attached hydrogen (secondary N) is 1. The van der Waals surface area contributed by atoms with E-state index in [1.807, 2.05) is 36.9 Å². The molecule has 2 aliphatic heterocycles. The van der Waals surface area contributed by atoms with Crippen molar-refractivity contribution in [2.75, 3.05) is 4.90 Å². The van der Waals surface area contributed by atoms with Gasteiger partial charge >= 0.3 is 0 Å². The van der Waals surface area contributed by atoms with Crippen molar-refractivity contribution in [3.05, 3.63) is 63.7 Å². The number of ether oxygens (including phenoxy) is 1. The summed E-state index contributed by atoms with van der Waals surface area (Å²) in [6, 6.07) is 12.7. The molecule has 0 saturated carbocycles. The van der Waals surface area contributed by atoms with Gasteiger partial charge in [-0.25, -0.2) is 0 Å². The highest BCUT2D eigenvalue weighted by atomic mass is 32.1. The molecule has 6 nitrogen and oxygen atoms in total. The van der Waals surface area contributed by atoms with Gasteiger partial charge in [-0.1, -0.05) is 19.1 Å². The van der Waals surface area contributed by atoms with Crippen LogP contribution in [-0.4, -0.2) is 15.8 Å². The number of nitro groups is 1. The molecule has 0 aromatic heterocycles. The lowest BCUT2D eigenvalue weighted by Gasteiger charge is -2.56. The van der Waals surface area contributed by atoms with E-state index in [4.69, 9.17) is 17.0 Å². The molecule has 0 radical (unpaired) electrons. The highest BCUT2D eigenvalue weighted by Crippen LogP contribution is 2.49. The molecule has 4 rings (SSSR count). The summed E-state index contributed by atoms with van der Waals surface area (Å²) >= 11 is 5.65. The summed E-state index contributed by atoms with van der Waals surface area (Å²) < 4.78 is 6.39. The second-order valence-corrected chi connectivity index (χ2v) is 7.41. The Morgan fingerprint density at radius 2 is 2.08 bits per heavy atom. The number of nitro benzene ring substituents is 1. The van der Waals surface area contributed by atoms with Crippen molar-refractivity contribution in [2.45, 2.75) is 32.5 Å². The minimum atomic E-state index is -0.691. The van der Waals surface area contributed by atoms with Crippen molar-refractivity contribution >= 4 is 28.7 Å². The van der Waals surface area contributed by atoms with E-state index in [0.29, 0.717) is 10.9 Å². The SMILES string of the molecule is Cc1cccc(N2C(=S)N[C@@H]3c4cc([N+](=O)[O-])ccc4O[C@@]2(C)[C@@H]3C)c1. The Bertz CT molecular complexity index is 932. The van der Waals surface area contributed by atoms with Crippen LogP contribution in [0.5, 0.6) is 5.75 Å². The van der Waals surface area contributed by atoms with Crippen molar-refractivity contribution in [1.82, 2.24) is 5.32 Å². The van der Waals surface area contributed by atoms with Gasteiger partial charge in [0.05, 0.1) is 11.0 Å². The number of hydrogen-bond donors (Lipinski definition) is 1. The lowest BCUT2D eigenvalue weighted by Crippen LogP contribution is -2.69. The first-order valence-electron chi connectivity index (χ1n) is 8.46. The number of hydrogen-bond acceptors (Lipinski definition) is 4. The molecule has 2 bridgehead atoms. The third-order valence-corrected chi connectivity index (χ3v) is 5.69. The van der Waals surface area contributed by atoms with E-state index in [2.05, 4.69) is 18.3 Å². The van der Waals surface area contributed by atoms with E-state index < -0.39 is 5.72 Å². The van der Waals surface area contributed by atoms with Crippen LogP contribution in [0.1, 0.15) is 31.0 Å². The van der Waals surface area contributed by atoms with Crippen LogP contribution in [0.15, 0.2) is 42.5 Å². The first kappa shape index (κ1) is 16.8. The minimum absolute atomic E-state index is 0.0178. The number of non-ortho nitro benzene ring substituents is 1. The summed E-state index contributed by atoms with van der Waals surface area (Å²) in [7, 11) is 0. The first-order chi connectivity index (χ1) is 12.3. The maximum absolute atomic E-state index is 11.1. The van der Waals surface area contributed by atoms with E-state index in [1.54, 1.807) is 12.1 Å². The molecule has 0 aliphatic carbocycles. The molecule has 2 heterocycles. The van der Waals surface area contributed by atoms with Gasteiger partial charge in [-0.05, 0) is 49.8 Å². The minimum Gasteiger partial charge on any atom is -0.467 e. The predicted molar refractivity (Wildman–Crippen MR) is 103 cm³/mol. The second kappa shape index (κ2) is 5.67. The maximum Gasteiger partial charge on any atom is 0.270 e. The molecule has 3 atom stereocenters. The van der Waals surface area contributed by atoms with Crippen molar-refractivity contribution in [3.8, 4) is 5.75 Å². The quantitative estimate of drug-likeness (QED) is 0.489. The molecule has 2 aromatic rings. The fraction of sp³-hybridized carbons (Fsp3) is 0.316. The summed E-state index contributed by atoms with van der Waals surface area (Å²) in [5, 5.41) is 15.1. The van der Waals surface area contributed by atoms with Crippen LogP contribution >= 0.6 is 12.2 Å². The largest absolute Gasteiger partial charge is 0.467 e. The van der Waals surface area contributed by atoms with Gasteiger partial charge in [-0.3, -0.25) is 15.0 Å². The monoisotopic (exact) mass is 369 g/mol. The van der Waals surface area contributed by atoms with Gasteiger partial charge in [0.2, 0.25) is 0 Å². The van der Waals surface area contributed by atoms with Crippen molar-refractivity contribution in [3.63, 3.8) is 0 Å². The smallest absolute Gasteiger partial charge is 0.270 e. The highest BCUT2D eigenvalue weighted by Gasteiger charge is 2.54. The van der Waals surface area contributed by atoms with E-state index in [9.17, 15) is 10.1 Å². The number of aryl methyl sites for hydroxylation is 1. The molecule has 2 aliphatic rings. The van der Waals surface area contributed by atoms with Crippen LogP contribution in [0.3, 0.4) is 0 Å². The van der Waals surface area contributed by atoms with Gasteiger partial charge < -0.3 is 10.1 Å². The molecule has 1 N–H and O–H groups in total. The average molecular weight is 369 g/mol. The lowest BCUT2D eigenvalue weighted by molar-refractivity contribution is -0.385. The molecule has 0 unspecified atom stereocenters. The molecule has 0 amide bonds. The van der Waals surface area contributed by atoms with Crippen LogP contribution in [0.25, 0.3) is 0 Å². The van der Waals surface area contributed by atoms with Crippen molar-refractivity contribution in [1.29, 1.82) is 0 Å². The second-order valence-electron chi connectivity index (χ2n) is 7.03. The molecular weight excluding hydrogens is 350 g/mol. The number of thiocarbonyl (C=S) groups is 1. The Hall–Kier alpha value is -2.67. The van der Waals surface area contributed by atoms with E-state index >= 15 is 0 Å². The molecule has 26 heavy (non-hydrogen) atoms. The first-order valence-corrected chi connectivity index (χ1v) is 8.87. The Kier molecular flexibility index (Phi) is 3.66. The summed E-state index contributed by atoms with van der Waals surface area (Å²) in [5.74, 6) is 0.665. The normalized spacial score (nSPS) is 26.6. The highest BCUT2D eigenvalue weighted by molar-refractivity contribution is 7.80. The average Bonchev–Trinajstić information content (AvgIpc) is 2.57. The molecule has 0 spiro atoms. The van der Waals surface area contributed by atoms with Crippen molar-refractivity contribution in [2.24, 2.45) is 5.92 Å². The zero-order chi connectivity index (χ0) is 18.6. The van der Waals surface area contributed by atoms with E-state index in [-0.39, 0.29) is 22.6 Å². The zero-order valence-corrected chi connectivity index (χ0v) is 15.5. The summed E-state index contributed by atoms with van der Waals surface area (Å²) in [6.45, 7) is 6.13. The third-order valence-electron chi connectivity index (χ3n) is 5.39. The number of anilines is 1. The van der Waals surface area contributed by atoms with Gasteiger partial charge in [-0.2, -0.15) is 0 Å². The van der Waals surface area contributed by atoms with Crippen LogP contribution in [-0.2, 0) is 0 Å². The van der Waals surface area contributed by atoms with Crippen LogP contribution in [0, 0.1) is 23.0 Å². The third kappa shape index (κ3) is 2.34. The van der Waals surface area contributed by atoms with Crippen LogP contribution in [0.4, 0.5) is 11.4 Å². The van der Waals surface area contributed by atoms with Gasteiger partial charge in [-0.15, -0.1) is 0 Å². The predicted octanol–water partition coefficient (Wildman–Crippen LogP) is 4.08. The standard InChI is InChI=1S/C19H19N3O3S/c1-11-5-4-6-13(9-11)21-18(26)20-17-12(2)19(21,3)25-16-8-7-14(22(23)24)10-15(16)17/h4-10,12,17H,1-3H3,(H,20,26)/t12-,17+,19+/m1/s1. The zero-order valence-electron chi connectivity index (χ0n) is 14.7. The Balaban J connectivity index is 1.84. The van der Waals surface area contributed by atoms with Gasteiger partial charge in [0, 0.05) is 29.3 Å². The Morgan fingerprint density at radius 3 is 2.77 bits per heavy atom. The molecule has 2 aromatic carbocycles. The van der Waals surface area contributed by atoms with Crippen molar-refractivity contribution < 1.29 is 9.66 Å². The fourth-order valence-corrected chi connectivity index (χ4v) is 4.29. The number of fused-ring (bicyclic) bond motifs is 4. The summed E-state index contributed by atoms with van der Waals surface area (Å²) in [5.41, 5.74) is 2.23. The number of nitrogens with zero attached hydrogens (tertiary/aromatic N) is 2. The number of rotatable bonds is 2. The van der Waals surface area contributed by atoms with E-state index in [0.717, 1.165) is 16.8 Å². The lowest BCUT2D eigenvalue weighted by atomic mass is 9.80. The van der Waals surface area contributed by atoms with Gasteiger partial charge in [0.25, 0.3) is 5.69 Å². The maximum atomic E-state index is 11.1. The summed E-state index contributed by atoms with van der Waals surface area (Å²) in [4.78, 5) is 12.8. The Labute approximate surface area is 156 Å². The Morgan fingerprint density at radius 1 is 1.31 bits per heavy atom. The van der Waals surface area contributed by atoms with Gasteiger partial charge in [0.1, 0.15) is 5.75 Å². The topological polar surface area (TPSA) is 67.6 Å². The fourth-order valence-electron chi connectivity index (χ4n) is 3.87. The van der Waals surface area contributed by atoms with Crippen LogP contribution in [0.2, 0.25) is 0 Å². The molecule has 1 fully saturated rings. The number of benzene rings is 2.